The van der Waals surface area contributed by atoms with Gasteiger partial charge in [-0.05, 0) is 37.4 Å². The minimum absolute atomic E-state index is 0.0475. The molecule has 0 bridgehead atoms. The van der Waals surface area contributed by atoms with Gasteiger partial charge in [-0.3, -0.25) is 4.79 Å². The molecule has 5 heteroatoms. The molecule has 3 nitrogen and oxygen atoms in total. The normalized spacial score (nSPS) is 10.8. The molecule has 2 N–H and O–H groups in total. The van der Waals surface area contributed by atoms with E-state index in [2.05, 4.69) is 24.5 Å². The maximum atomic E-state index is 13.3. The zero-order valence-corrected chi connectivity index (χ0v) is 11.3. The van der Waals surface area contributed by atoms with Gasteiger partial charge in [-0.15, -0.1) is 0 Å². The first-order valence-corrected chi connectivity index (χ1v) is 6.45. The maximum Gasteiger partial charge on any atom is 0.238 e. The average Bonchev–Trinajstić information content (AvgIpc) is 2.33. The van der Waals surface area contributed by atoms with Crippen LogP contribution in [0.2, 0.25) is 0 Å². The number of benzene rings is 1. The third-order valence-electron chi connectivity index (χ3n) is 2.65. The number of para-hydroxylation sites is 1. The van der Waals surface area contributed by atoms with Crippen LogP contribution in [0.5, 0.6) is 0 Å². The van der Waals surface area contributed by atoms with E-state index in [0.717, 1.165) is 25.0 Å². The monoisotopic (exact) mass is 270 g/mol. The molecular formula is C14H20F2N2O. The first-order chi connectivity index (χ1) is 9.00. The molecule has 0 unspecified atom stereocenters. The molecule has 0 heterocycles. The van der Waals surface area contributed by atoms with Crippen molar-refractivity contribution >= 4 is 11.6 Å². The Kier molecular flexibility index (Phi) is 6.42. The SMILES string of the molecule is CC(C)CCCNCC(=O)Nc1c(F)cccc1F. The molecule has 0 saturated carbocycles. The molecule has 0 aromatic heterocycles. The minimum Gasteiger partial charge on any atom is -0.320 e. The van der Waals surface area contributed by atoms with Crippen LogP contribution in [0, 0.1) is 17.6 Å². The Hall–Kier alpha value is -1.49. The fourth-order valence-corrected chi connectivity index (χ4v) is 1.64. The molecule has 19 heavy (non-hydrogen) atoms. The van der Waals surface area contributed by atoms with Crippen LogP contribution < -0.4 is 10.6 Å². The molecule has 0 spiro atoms. The predicted molar refractivity (Wildman–Crippen MR) is 71.9 cm³/mol. The minimum atomic E-state index is -0.770. The molecule has 1 aromatic carbocycles. The molecule has 106 valence electrons. The van der Waals surface area contributed by atoms with E-state index in [4.69, 9.17) is 0 Å². The van der Waals surface area contributed by atoms with Crippen LogP contribution in [-0.4, -0.2) is 19.0 Å². The molecule has 0 radical (unpaired) electrons. The highest BCUT2D eigenvalue weighted by Crippen LogP contribution is 2.17. The second kappa shape index (κ2) is 7.84. The van der Waals surface area contributed by atoms with Gasteiger partial charge in [0.1, 0.15) is 17.3 Å². The van der Waals surface area contributed by atoms with Crippen molar-refractivity contribution in [3.8, 4) is 0 Å². The quantitative estimate of drug-likeness (QED) is 0.748. The summed E-state index contributed by atoms with van der Waals surface area (Å²) in [5.41, 5.74) is -0.392. The summed E-state index contributed by atoms with van der Waals surface area (Å²) < 4.78 is 26.5. The smallest absolute Gasteiger partial charge is 0.238 e. The van der Waals surface area contributed by atoms with Crippen LogP contribution in [0.4, 0.5) is 14.5 Å². The summed E-state index contributed by atoms with van der Waals surface area (Å²) in [5, 5.41) is 5.17. The van der Waals surface area contributed by atoms with Crippen molar-refractivity contribution in [2.24, 2.45) is 5.92 Å². The lowest BCUT2D eigenvalue weighted by molar-refractivity contribution is -0.115. The van der Waals surface area contributed by atoms with Gasteiger partial charge in [0.05, 0.1) is 6.54 Å². The number of anilines is 1. The molecular weight excluding hydrogens is 250 g/mol. The van der Waals surface area contributed by atoms with Crippen LogP contribution in [0.3, 0.4) is 0 Å². The van der Waals surface area contributed by atoms with Crippen molar-refractivity contribution < 1.29 is 13.6 Å². The van der Waals surface area contributed by atoms with Crippen LogP contribution in [0.25, 0.3) is 0 Å². The van der Waals surface area contributed by atoms with Gasteiger partial charge < -0.3 is 10.6 Å². The lowest BCUT2D eigenvalue weighted by atomic mass is 10.1. The zero-order valence-electron chi connectivity index (χ0n) is 11.3. The predicted octanol–water partition coefficient (Wildman–Crippen LogP) is 2.93. The number of carbonyl (C=O) groups is 1. The fraction of sp³-hybridized carbons (Fsp3) is 0.500. The van der Waals surface area contributed by atoms with Crippen molar-refractivity contribution in [3.63, 3.8) is 0 Å². The fourth-order valence-electron chi connectivity index (χ4n) is 1.64. The number of amides is 1. The van der Waals surface area contributed by atoms with Crippen LogP contribution >= 0.6 is 0 Å². The van der Waals surface area contributed by atoms with E-state index in [1.165, 1.54) is 6.07 Å². The summed E-state index contributed by atoms with van der Waals surface area (Å²) in [6.45, 7) is 5.03. The molecule has 0 aliphatic heterocycles. The van der Waals surface area contributed by atoms with Gasteiger partial charge in [0, 0.05) is 0 Å². The third kappa shape index (κ3) is 5.79. The van der Waals surface area contributed by atoms with Crippen molar-refractivity contribution in [1.82, 2.24) is 5.32 Å². The molecule has 0 aliphatic carbocycles. The van der Waals surface area contributed by atoms with Crippen molar-refractivity contribution in [1.29, 1.82) is 0 Å². The number of hydrogen-bond acceptors (Lipinski definition) is 2. The highest BCUT2D eigenvalue weighted by Gasteiger charge is 2.11. The van der Waals surface area contributed by atoms with E-state index >= 15 is 0 Å². The van der Waals surface area contributed by atoms with Gasteiger partial charge in [-0.25, -0.2) is 8.78 Å². The zero-order chi connectivity index (χ0) is 14.3. The molecule has 1 rings (SSSR count). The molecule has 0 aliphatic rings. The van der Waals surface area contributed by atoms with Crippen molar-refractivity contribution in [3.05, 3.63) is 29.8 Å². The molecule has 1 amide bonds. The molecule has 0 atom stereocenters. The highest BCUT2D eigenvalue weighted by atomic mass is 19.1. The Morgan fingerprint density at radius 1 is 1.26 bits per heavy atom. The Balaban J connectivity index is 2.32. The van der Waals surface area contributed by atoms with Gasteiger partial charge in [0.15, 0.2) is 0 Å². The summed E-state index contributed by atoms with van der Waals surface area (Å²) in [6.07, 6.45) is 2.05. The second-order valence-electron chi connectivity index (χ2n) is 4.86. The summed E-state index contributed by atoms with van der Waals surface area (Å²) in [7, 11) is 0. The molecule has 1 aromatic rings. The van der Waals surface area contributed by atoms with Crippen LogP contribution in [0.1, 0.15) is 26.7 Å². The number of nitrogens with one attached hydrogen (secondary N) is 2. The van der Waals surface area contributed by atoms with Crippen LogP contribution in [0.15, 0.2) is 18.2 Å². The molecule has 0 fully saturated rings. The van der Waals surface area contributed by atoms with E-state index in [-0.39, 0.29) is 6.54 Å². The lowest BCUT2D eigenvalue weighted by Crippen LogP contribution is -2.29. The van der Waals surface area contributed by atoms with E-state index < -0.39 is 23.2 Å². The van der Waals surface area contributed by atoms with Gasteiger partial charge in [-0.2, -0.15) is 0 Å². The summed E-state index contributed by atoms with van der Waals surface area (Å²) in [6, 6.07) is 3.47. The first kappa shape index (κ1) is 15.6. The summed E-state index contributed by atoms with van der Waals surface area (Å²) in [5.74, 6) is -1.36. The van der Waals surface area contributed by atoms with Gasteiger partial charge in [-0.1, -0.05) is 19.9 Å². The van der Waals surface area contributed by atoms with E-state index in [9.17, 15) is 13.6 Å². The topological polar surface area (TPSA) is 41.1 Å². The van der Waals surface area contributed by atoms with Gasteiger partial charge in [0.2, 0.25) is 5.91 Å². The summed E-state index contributed by atoms with van der Waals surface area (Å²) >= 11 is 0. The number of rotatable bonds is 7. The average molecular weight is 270 g/mol. The Morgan fingerprint density at radius 3 is 2.47 bits per heavy atom. The largest absolute Gasteiger partial charge is 0.320 e. The van der Waals surface area contributed by atoms with E-state index in [1.54, 1.807) is 0 Å². The van der Waals surface area contributed by atoms with Gasteiger partial charge in [0.25, 0.3) is 0 Å². The van der Waals surface area contributed by atoms with Crippen molar-refractivity contribution in [2.45, 2.75) is 26.7 Å². The second-order valence-corrected chi connectivity index (χ2v) is 4.86. The first-order valence-electron chi connectivity index (χ1n) is 6.45. The number of carbonyl (C=O) groups excluding carboxylic acids is 1. The summed E-state index contributed by atoms with van der Waals surface area (Å²) in [4.78, 5) is 11.5. The van der Waals surface area contributed by atoms with E-state index in [0.29, 0.717) is 12.5 Å². The van der Waals surface area contributed by atoms with Crippen molar-refractivity contribution in [2.75, 3.05) is 18.4 Å². The number of halogens is 2. The Bertz CT molecular complexity index is 402. The highest BCUT2D eigenvalue weighted by molar-refractivity contribution is 5.92. The Labute approximate surface area is 112 Å². The standard InChI is InChI=1S/C14H20F2N2O/c1-10(2)5-4-8-17-9-13(19)18-14-11(15)6-3-7-12(14)16/h3,6-7,10,17H,4-5,8-9H2,1-2H3,(H,18,19). The Morgan fingerprint density at radius 2 is 1.89 bits per heavy atom. The third-order valence-corrected chi connectivity index (χ3v) is 2.65. The lowest BCUT2D eigenvalue weighted by Gasteiger charge is -2.09. The van der Waals surface area contributed by atoms with Gasteiger partial charge >= 0.3 is 0 Å². The maximum absolute atomic E-state index is 13.3. The van der Waals surface area contributed by atoms with Crippen LogP contribution in [-0.2, 0) is 4.79 Å². The van der Waals surface area contributed by atoms with E-state index in [1.807, 2.05) is 0 Å². The number of hydrogen-bond donors (Lipinski definition) is 2. The molecule has 0 saturated heterocycles.